The number of aliphatic carboxylic acids is 6. The van der Waals surface area contributed by atoms with E-state index in [9.17, 15) is 59.4 Å². The molecule has 4 aliphatic carbocycles. The van der Waals surface area contributed by atoms with E-state index < -0.39 is 90.7 Å². The topological polar surface area (TPSA) is 255 Å². The van der Waals surface area contributed by atoms with Crippen LogP contribution in [0.15, 0.2) is 4.74 Å². The molecular weight excluding hydrogens is 653 g/mol. The van der Waals surface area contributed by atoms with Gasteiger partial charge in [-0.05, 0) is 101 Å². The van der Waals surface area contributed by atoms with Crippen molar-refractivity contribution < 1.29 is 68.5 Å². The molecule has 4 saturated carbocycles. The van der Waals surface area contributed by atoms with Gasteiger partial charge in [-0.25, -0.2) is 0 Å². The molecule has 0 aromatic heterocycles. The third-order valence-electron chi connectivity index (χ3n) is 11.6. The summed E-state index contributed by atoms with van der Waals surface area (Å²) in [5.41, 5.74) is 0. The Balaban J connectivity index is 1.35. The molecule has 0 aromatic carbocycles. The fraction of sp³-hybridized carbons (Fsp3) is 0.812. The molecule has 0 radical (unpaired) electrons. The lowest BCUT2D eigenvalue weighted by Gasteiger charge is -2.44. The summed E-state index contributed by atoms with van der Waals surface area (Å²) in [6.07, 6.45) is 3.36. The van der Waals surface area contributed by atoms with Crippen LogP contribution in [0, 0.1) is 59.2 Å². The molecule has 270 valence electrons. The molecule has 0 saturated heterocycles. The fourth-order valence-corrected chi connectivity index (χ4v) is 11.0. The number of carboxylic acid groups (broad SMARTS) is 6. The van der Waals surface area contributed by atoms with Gasteiger partial charge in [-0.15, -0.1) is 0 Å². The van der Waals surface area contributed by atoms with E-state index in [-0.39, 0.29) is 49.7 Å². The van der Waals surface area contributed by atoms with Gasteiger partial charge in [0.25, 0.3) is 0 Å². The van der Waals surface area contributed by atoms with Gasteiger partial charge in [-0.2, -0.15) is 0 Å². The summed E-state index contributed by atoms with van der Waals surface area (Å²) < 4.78 is 17.3. The maximum atomic E-state index is 12.2. The van der Waals surface area contributed by atoms with Gasteiger partial charge in [-0.3, -0.25) is 33.5 Å². The minimum Gasteiger partial charge on any atom is -0.481 e. The third-order valence-corrected chi connectivity index (χ3v) is 13.7. The van der Waals surface area contributed by atoms with E-state index in [0.29, 0.717) is 51.4 Å². The molecule has 0 bridgehead atoms. The first kappa shape index (κ1) is 37.8. The molecule has 15 nitrogen and oxygen atoms in total. The second kappa shape index (κ2) is 15.7. The molecule has 0 heterocycles. The second-order valence-corrected chi connectivity index (χ2v) is 16.7. The zero-order chi connectivity index (χ0) is 35.5. The molecule has 0 aromatic rings. The molecule has 16 heteroatoms. The monoisotopic (exact) mass is 701 g/mol. The summed E-state index contributed by atoms with van der Waals surface area (Å²) in [6, 6.07) is 0. The second-order valence-electron chi connectivity index (χ2n) is 14.2. The normalized spacial score (nSPS) is 38.5. The molecule has 0 amide bonds. The maximum Gasteiger partial charge on any atom is 0.306 e. The highest BCUT2D eigenvalue weighted by Crippen LogP contribution is 2.56. The third kappa shape index (κ3) is 8.57. The number of hydrogen-bond acceptors (Lipinski definition) is 9. The molecule has 4 unspecified atom stereocenters. The van der Waals surface area contributed by atoms with Crippen LogP contribution in [0.25, 0.3) is 0 Å². The Bertz CT molecular complexity index is 1160. The lowest BCUT2D eigenvalue weighted by Crippen LogP contribution is -2.46. The van der Waals surface area contributed by atoms with Gasteiger partial charge in [-0.1, -0.05) is 0 Å². The quantitative estimate of drug-likeness (QED) is 0.154. The van der Waals surface area contributed by atoms with Crippen molar-refractivity contribution in [1.82, 2.24) is 0 Å². The maximum absolute atomic E-state index is 12.2. The van der Waals surface area contributed by atoms with Crippen LogP contribution in [0.2, 0.25) is 0 Å². The van der Waals surface area contributed by atoms with Gasteiger partial charge in [0.05, 0.1) is 47.7 Å². The van der Waals surface area contributed by atoms with E-state index in [1.165, 1.54) is 0 Å². The largest absolute Gasteiger partial charge is 0.481 e. The van der Waals surface area contributed by atoms with Crippen LogP contribution in [0.5, 0.6) is 0 Å². The average Bonchev–Trinajstić information content (AvgIpc) is 3.04. The highest BCUT2D eigenvalue weighted by molar-refractivity contribution is 7.55. The van der Waals surface area contributed by atoms with Crippen LogP contribution < -0.4 is 0 Å². The first-order valence-electron chi connectivity index (χ1n) is 16.8. The first-order valence-corrected chi connectivity index (χ1v) is 18.8. The summed E-state index contributed by atoms with van der Waals surface area (Å²) >= 11 is 0. The van der Waals surface area contributed by atoms with Gasteiger partial charge < -0.3 is 39.7 Å². The molecule has 0 spiro atoms. The number of carboxylic acids is 6. The summed E-state index contributed by atoms with van der Waals surface area (Å²) in [7, 11) is -1.12. The Kier molecular flexibility index (Phi) is 12.3. The molecule has 4 fully saturated rings. The van der Waals surface area contributed by atoms with Crippen molar-refractivity contribution in [3.05, 3.63) is 0 Å². The van der Waals surface area contributed by atoms with Gasteiger partial charge in [0, 0.05) is 13.7 Å². The molecule has 4 rings (SSSR count). The summed E-state index contributed by atoms with van der Waals surface area (Å²) in [5, 5.41) is 58.7. The Hall–Kier alpha value is -3.03. The van der Waals surface area contributed by atoms with Crippen LogP contribution in [0.1, 0.15) is 77.0 Å². The number of nitrogens with zero attached hydrogens (tertiary/aromatic N) is 1. The van der Waals surface area contributed by atoms with Crippen LogP contribution in [0.3, 0.4) is 0 Å². The van der Waals surface area contributed by atoms with Gasteiger partial charge in [0.2, 0.25) is 7.51 Å². The first-order chi connectivity index (χ1) is 22.5. The molecular formula is C32H48NO14P. The van der Waals surface area contributed by atoms with Crippen molar-refractivity contribution in [1.29, 1.82) is 0 Å². The van der Waals surface area contributed by atoms with E-state index >= 15 is 0 Å². The Morgan fingerprint density at radius 1 is 0.500 bits per heavy atom. The van der Waals surface area contributed by atoms with Gasteiger partial charge >= 0.3 is 35.8 Å². The van der Waals surface area contributed by atoms with Gasteiger partial charge in [0.1, 0.15) is 0 Å². The molecule has 4 aliphatic rings. The number of rotatable bonds is 12. The Morgan fingerprint density at radius 2 is 0.771 bits per heavy atom. The van der Waals surface area contributed by atoms with E-state index in [4.69, 9.17) is 9.05 Å². The lowest BCUT2D eigenvalue weighted by molar-refractivity contribution is -0.164. The Morgan fingerprint density at radius 3 is 0.979 bits per heavy atom. The van der Waals surface area contributed by atoms with Crippen molar-refractivity contribution in [3.8, 4) is 0 Å². The van der Waals surface area contributed by atoms with E-state index in [2.05, 4.69) is 4.74 Å². The van der Waals surface area contributed by atoms with Crippen LogP contribution in [-0.2, 0) is 37.8 Å². The molecule has 48 heavy (non-hydrogen) atoms. The highest BCUT2D eigenvalue weighted by Gasteiger charge is 2.52. The lowest BCUT2D eigenvalue weighted by atomic mass is 9.60. The van der Waals surface area contributed by atoms with Crippen LogP contribution in [0.4, 0.5) is 0 Å². The summed E-state index contributed by atoms with van der Waals surface area (Å²) in [6.45, 7) is 1.80. The van der Waals surface area contributed by atoms with Crippen molar-refractivity contribution in [2.24, 2.45) is 63.9 Å². The standard InChI is InChI=1S/C32H48NO14P/c1-33-48(2,46-19-7-3-15(4-8-19)25-21(29(38)39)11-17(27(34)35)12-22(25)30(40)41)47-20-9-5-16(6-10-20)26-23(31(42)43)13-18(28(36)37)14-24(26)32(44)45/h15-26H,3-14H2,1-2H3,(H,34,35)(H,36,37)(H,38,39)(H,40,41)(H,42,43)(H,44,45). The fourth-order valence-electron chi connectivity index (χ4n) is 9.22. The number of hydrogen-bond donors (Lipinski definition) is 6. The average molecular weight is 702 g/mol. The van der Waals surface area contributed by atoms with Crippen LogP contribution >= 0.6 is 7.51 Å². The van der Waals surface area contributed by atoms with E-state index in [1.54, 1.807) is 13.7 Å². The number of carbonyl (C=O) groups is 6. The minimum absolute atomic E-state index is 0.0958. The zero-order valence-corrected chi connectivity index (χ0v) is 28.2. The van der Waals surface area contributed by atoms with Crippen molar-refractivity contribution >= 4 is 43.3 Å². The highest BCUT2D eigenvalue weighted by atomic mass is 31.2. The van der Waals surface area contributed by atoms with E-state index in [0.717, 1.165) is 0 Å². The molecule has 0 aliphatic heterocycles. The molecule has 4 atom stereocenters. The summed E-state index contributed by atoms with van der Waals surface area (Å²) in [4.78, 5) is 71.9. The smallest absolute Gasteiger partial charge is 0.306 e. The SMILES string of the molecule is CN=P(C)(OC1CCC(C2C(C(=O)O)CC(C(=O)O)CC2C(=O)O)CC1)OC1CCC(C2C(C(=O)O)CC(C(=O)O)CC2C(=O)O)CC1. The minimum atomic E-state index is -2.72. The van der Waals surface area contributed by atoms with Crippen molar-refractivity contribution in [2.45, 2.75) is 89.3 Å². The molecule has 6 N–H and O–H groups in total. The Labute approximate surface area is 278 Å². The van der Waals surface area contributed by atoms with E-state index in [1.807, 2.05) is 0 Å². The van der Waals surface area contributed by atoms with Crippen molar-refractivity contribution in [2.75, 3.05) is 13.7 Å². The summed E-state index contributed by atoms with van der Waals surface area (Å²) in [5.74, 6) is -15.1. The van der Waals surface area contributed by atoms with Crippen molar-refractivity contribution in [3.63, 3.8) is 0 Å². The zero-order valence-electron chi connectivity index (χ0n) is 27.3. The predicted octanol–water partition coefficient (Wildman–Crippen LogP) is 4.45. The predicted molar refractivity (Wildman–Crippen MR) is 167 cm³/mol. The van der Waals surface area contributed by atoms with Crippen LogP contribution in [-0.4, -0.2) is 92.4 Å². The van der Waals surface area contributed by atoms with Gasteiger partial charge in [0.15, 0.2) is 0 Å².